The first kappa shape index (κ1) is 22.5. The van der Waals surface area contributed by atoms with Gasteiger partial charge in [0.2, 0.25) is 0 Å². The van der Waals surface area contributed by atoms with Crippen LogP contribution >= 0.6 is 22.7 Å². The first-order valence-corrected chi connectivity index (χ1v) is 12.9. The van der Waals surface area contributed by atoms with Gasteiger partial charge in [-0.05, 0) is 24.3 Å². The van der Waals surface area contributed by atoms with E-state index in [1.807, 2.05) is 0 Å². The predicted molar refractivity (Wildman–Crippen MR) is 124 cm³/mol. The number of aromatic nitrogens is 1. The molecule has 8 nitrogen and oxygen atoms in total. The second-order valence-corrected chi connectivity index (χ2v) is 11.1. The number of hydrogen-bond acceptors (Lipinski definition) is 7. The highest BCUT2D eigenvalue weighted by Crippen LogP contribution is 2.33. The number of ether oxygens (including phenoxy) is 2. The van der Waals surface area contributed by atoms with Crippen LogP contribution in [0.3, 0.4) is 0 Å². The van der Waals surface area contributed by atoms with E-state index in [4.69, 9.17) is 15.9 Å². The maximum atomic E-state index is 13.1. The molecule has 0 radical (unpaired) electrons. The van der Waals surface area contributed by atoms with Crippen LogP contribution in [0.5, 0.6) is 11.5 Å². The molecule has 0 spiro atoms. The molecule has 1 saturated heterocycles. The van der Waals surface area contributed by atoms with Crippen molar-refractivity contribution in [2.45, 2.75) is 29.6 Å². The second kappa shape index (κ2) is 9.07. The summed E-state index contributed by atoms with van der Waals surface area (Å²) in [5, 5.41) is 1.70. The molecule has 2 aromatic heterocycles. The van der Waals surface area contributed by atoms with E-state index in [9.17, 15) is 13.2 Å². The van der Waals surface area contributed by atoms with Gasteiger partial charge in [-0.1, -0.05) is 23.3 Å². The Morgan fingerprint density at radius 3 is 2.72 bits per heavy atom. The number of rotatable bonds is 6. The average Bonchev–Trinajstić information content (AvgIpc) is 3.54. The van der Waals surface area contributed by atoms with Crippen LogP contribution in [0.25, 0.3) is 10.2 Å². The molecule has 1 unspecified atom stereocenters. The number of benzene rings is 1. The highest BCUT2D eigenvalue weighted by Gasteiger charge is 2.40. The zero-order valence-electron chi connectivity index (χ0n) is 17.5. The largest absolute Gasteiger partial charge is 0.493 e. The van der Waals surface area contributed by atoms with Gasteiger partial charge in [0.15, 0.2) is 16.3 Å². The van der Waals surface area contributed by atoms with E-state index in [0.717, 1.165) is 21.6 Å². The van der Waals surface area contributed by atoms with Crippen molar-refractivity contribution in [3.05, 3.63) is 34.4 Å². The molecular formula is C21H21N3O5S3. The van der Waals surface area contributed by atoms with Crippen LogP contribution in [0.15, 0.2) is 38.8 Å². The predicted octanol–water partition coefficient (Wildman–Crippen LogP) is 2.70. The van der Waals surface area contributed by atoms with Crippen molar-refractivity contribution >= 4 is 48.8 Å². The number of sulfonamides is 1. The summed E-state index contributed by atoms with van der Waals surface area (Å²) >= 11 is 2.42. The maximum Gasteiger partial charge on any atom is 0.266 e. The summed E-state index contributed by atoms with van der Waals surface area (Å²) in [6.07, 6.45) is 6.58. The van der Waals surface area contributed by atoms with E-state index in [1.165, 1.54) is 15.6 Å². The lowest BCUT2D eigenvalue weighted by atomic mass is 10.2. The molecule has 1 atom stereocenters. The molecule has 3 aromatic rings. The minimum absolute atomic E-state index is 0.198. The van der Waals surface area contributed by atoms with Gasteiger partial charge in [-0.3, -0.25) is 4.79 Å². The number of nitrogens with zero attached hydrogens (tertiary/aromatic N) is 3. The molecule has 1 aliphatic rings. The highest BCUT2D eigenvalue weighted by atomic mass is 32.2. The van der Waals surface area contributed by atoms with E-state index in [1.54, 1.807) is 48.4 Å². The van der Waals surface area contributed by atoms with Gasteiger partial charge in [0.25, 0.3) is 15.9 Å². The zero-order chi connectivity index (χ0) is 22.9. The smallest absolute Gasteiger partial charge is 0.266 e. The fraction of sp³-hybridized carbons (Fsp3) is 0.333. The summed E-state index contributed by atoms with van der Waals surface area (Å²) < 4.78 is 40.8. The Bertz CT molecular complexity index is 1360. The summed E-state index contributed by atoms with van der Waals surface area (Å²) in [7, 11) is -0.656. The van der Waals surface area contributed by atoms with E-state index < -0.39 is 22.0 Å². The van der Waals surface area contributed by atoms with Gasteiger partial charge in [0.05, 0.1) is 31.0 Å². The number of hydrogen-bond donors (Lipinski definition) is 0. The number of carbonyl (C=O) groups is 1. The first-order valence-electron chi connectivity index (χ1n) is 9.73. The molecule has 168 valence electrons. The Morgan fingerprint density at radius 2 is 2.06 bits per heavy atom. The van der Waals surface area contributed by atoms with Crippen molar-refractivity contribution in [3.63, 3.8) is 0 Å². The molecule has 0 bridgehead atoms. The minimum Gasteiger partial charge on any atom is -0.493 e. The maximum absolute atomic E-state index is 13.1. The molecule has 32 heavy (non-hydrogen) atoms. The molecule has 11 heteroatoms. The van der Waals surface area contributed by atoms with Crippen molar-refractivity contribution in [2.75, 3.05) is 20.8 Å². The first-order chi connectivity index (χ1) is 15.4. The van der Waals surface area contributed by atoms with Crippen LogP contribution in [0.1, 0.15) is 12.8 Å². The molecule has 0 aliphatic carbocycles. The minimum atomic E-state index is -3.74. The van der Waals surface area contributed by atoms with Gasteiger partial charge in [0.1, 0.15) is 10.3 Å². The Kier molecular flexibility index (Phi) is 6.39. The fourth-order valence-electron chi connectivity index (χ4n) is 3.70. The van der Waals surface area contributed by atoms with Gasteiger partial charge in [-0.15, -0.1) is 17.8 Å². The number of amides is 1. The Hall–Kier alpha value is -2.65. The zero-order valence-corrected chi connectivity index (χ0v) is 19.9. The highest BCUT2D eigenvalue weighted by molar-refractivity contribution is 7.91. The molecule has 1 fully saturated rings. The number of terminal acetylenes is 1. The number of methoxy groups -OCH3 is 2. The van der Waals surface area contributed by atoms with E-state index in [0.29, 0.717) is 29.1 Å². The van der Waals surface area contributed by atoms with Crippen LogP contribution in [-0.4, -0.2) is 50.0 Å². The lowest BCUT2D eigenvalue weighted by molar-refractivity contribution is -0.121. The second-order valence-electron chi connectivity index (χ2n) is 7.01. The van der Waals surface area contributed by atoms with Gasteiger partial charge in [0, 0.05) is 18.7 Å². The summed E-state index contributed by atoms with van der Waals surface area (Å²) in [4.78, 5) is 17.9. The monoisotopic (exact) mass is 491 g/mol. The molecule has 4 rings (SSSR count). The summed E-state index contributed by atoms with van der Waals surface area (Å²) in [5.74, 6) is 3.17. The molecule has 1 aliphatic heterocycles. The third kappa shape index (κ3) is 3.95. The van der Waals surface area contributed by atoms with Crippen LogP contribution in [0.4, 0.5) is 0 Å². The number of thiazole rings is 1. The normalized spacial score (nSPS) is 17.5. The third-order valence-corrected chi connectivity index (χ3v) is 9.51. The molecular weight excluding hydrogens is 470 g/mol. The van der Waals surface area contributed by atoms with Gasteiger partial charge in [-0.2, -0.15) is 9.30 Å². The Balaban J connectivity index is 1.77. The Labute approximate surface area is 193 Å². The summed E-state index contributed by atoms with van der Waals surface area (Å²) in [5.41, 5.74) is 0.756. The summed E-state index contributed by atoms with van der Waals surface area (Å²) in [6.45, 7) is 0.487. The van der Waals surface area contributed by atoms with Crippen LogP contribution in [0.2, 0.25) is 0 Å². The number of fused-ring (bicyclic) bond motifs is 1. The lowest BCUT2D eigenvalue weighted by Gasteiger charge is -2.20. The SMILES string of the molecule is C#CCn1c(=NC(=O)C2CCCN2S(=O)(=O)c2cccs2)sc2cc(OC)c(OC)cc21. The van der Waals surface area contributed by atoms with Crippen molar-refractivity contribution in [1.29, 1.82) is 0 Å². The van der Waals surface area contributed by atoms with Crippen LogP contribution in [0, 0.1) is 12.3 Å². The van der Waals surface area contributed by atoms with Crippen molar-refractivity contribution in [2.24, 2.45) is 4.99 Å². The standard InChI is InChI=1S/C21H21N3O5S3/c1-4-9-23-15-12-16(28-2)17(29-3)13-18(15)31-21(23)22-20(25)14-7-5-10-24(14)32(26,27)19-8-6-11-30-19/h1,6,8,11-14H,5,7,9-10H2,2-3H3. The van der Waals surface area contributed by atoms with Crippen LogP contribution in [-0.2, 0) is 21.4 Å². The van der Waals surface area contributed by atoms with Gasteiger partial charge < -0.3 is 14.0 Å². The van der Waals surface area contributed by atoms with Crippen molar-refractivity contribution < 1.29 is 22.7 Å². The number of thiophene rings is 1. The average molecular weight is 492 g/mol. The van der Waals surface area contributed by atoms with Crippen molar-refractivity contribution in [3.8, 4) is 23.8 Å². The quantitative estimate of drug-likeness (QED) is 0.495. The molecule has 3 heterocycles. The Morgan fingerprint density at radius 1 is 1.31 bits per heavy atom. The van der Waals surface area contributed by atoms with E-state index in [2.05, 4.69) is 10.9 Å². The van der Waals surface area contributed by atoms with Gasteiger partial charge >= 0.3 is 0 Å². The van der Waals surface area contributed by atoms with E-state index in [-0.39, 0.29) is 17.3 Å². The summed E-state index contributed by atoms with van der Waals surface area (Å²) in [6, 6.07) is 5.98. The third-order valence-electron chi connectivity index (χ3n) is 5.19. The molecule has 0 N–H and O–H groups in total. The van der Waals surface area contributed by atoms with E-state index >= 15 is 0 Å². The fourth-order valence-corrected chi connectivity index (χ4v) is 7.51. The van der Waals surface area contributed by atoms with Gasteiger partial charge in [-0.25, -0.2) is 8.42 Å². The topological polar surface area (TPSA) is 90.2 Å². The molecule has 0 saturated carbocycles. The lowest BCUT2D eigenvalue weighted by Crippen LogP contribution is -2.40. The van der Waals surface area contributed by atoms with Crippen LogP contribution < -0.4 is 14.3 Å². The van der Waals surface area contributed by atoms with Crippen molar-refractivity contribution in [1.82, 2.24) is 8.87 Å². The molecule has 1 aromatic carbocycles. The molecule has 1 amide bonds. The number of carbonyl (C=O) groups excluding carboxylic acids is 1.